The molecule has 1 aromatic carbocycles. The van der Waals surface area contributed by atoms with Gasteiger partial charge >= 0.3 is 6.18 Å². The van der Waals surface area contributed by atoms with Crippen LogP contribution in [-0.2, 0) is 12.6 Å². The summed E-state index contributed by atoms with van der Waals surface area (Å²) in [5.41, 5.74) is -0.00597. The number of likely N-dealkylation sites (N-methyl/N-ethyl adjacent to an activating group) is 1. The number of hydrogen-bond donors (Lipinski definition) is 0. The molecule has 0 bridgehead atoms. The largest absolute Gasteiger partial charge is 0.416 e. The first-order valence-electron chi connectivity index (χ1n) is 7.12. The lowest BCUT2D eigenvalue weighted by molar-refractivity contribution is -0.137. The molecular weight excluding hydrogens is 301 g/mol. The first-order valence-corrected chi connectivity index (χ1v) is 7.50. The maximum Gasteiger partial charge on any atom is 0.416 e. The molecule has 0 amide bonds. The fraction of sp³-hybridized carbons (Fsp3) is 0.600. The molecule has 0 spiro atoms. The molecule has 1 aliphatic rings. The van der Waals surface area contributed by atoms with Crippen LogP contribution in [0.3, 0.4) is 0 Å². The zero-order chi connectivity index (χ0) is 15.5. The molecule has 1 aromatic rings. The summed E-state index contributed by atoms with van der Waals surface area (Å²) in [4.78, 5) is 4.64. The lowest BCUT2D eigenvalue weighted by Crippen LogP contribution is -2.44. The van der Waals surface area contributed by atoms with Crippen molar-refractivity contribution in [3.8, 4) is 0 Å². The zero-order valence-electron chi connectivity index (χ0n) is 12.1. The van der Waals surface area contributed by atoms with Gasteiger partial charge in [-0.25, -0.2) is 0 Å². The van der Waals surface area contributed by atoms with E-state index in [0.29, 0.717) is 12.0 Å². The molecule has 0 aliphatic carbocycles. The Hall–Kier alpha value is -0.780. The van der Waals surface area contributed by atoms with Crippen LogP contribution in [0.5, 0.6) is 0 Å². The van der Waals surface area contributed by atoms with Crippen LogP contribution in [0.4, 0.5) is 13.2 Å². The maximum absolute atomic E-state index is 12.7. The van der Waals surface area contributed by atoms with E-state index in [0.717, 1.165) is 45.2 Å². The normalized spacial score (nSPS) is 18.1. The van der Waals surface area contributed by atoms with Crippen LogP contribution < -0.4 is 0 Å². The van der Waals surface area contributed by atoms with Crippen molar-refractivity contribution >= 4 is 11.6 Å². The Morgan fingerprint density at radius 3 is 2.38 bits per heavy atom. The minimum absolute atomic E-state index is 0.152. The monoisotopic (exact) mass is 320 g/mol. The second kappa shape index (κ2) is 6.99. The third kappa shape index (κ3) is 5.16. The summed E-state index contributed by atoms with van der Waals surface area (Å²) in [5, 5.41) is 0.152. The molecule has 0 N–H and O–H groups in total. The van der Waals surface area contributed by atoms with Gasteiger partial charge in [0, 0.05) is 31.2 Å². The van der Waals surface area contributed by atoms with Crippen LogP contribution in [0.2, 0.25) is 5.02 Å². The van der Waals surface area contributed by atoms with Gasteiger partial charge in [-0.3, -0.25) is 0 Å². The molecule has 1 heterocycles. The summed E-state index contributed by atoms with van der Waals surface area (Å²) in [6, 6.07) is 3.81. The molecular formula is C15H20ClF3N2. The van der Waals surface area contributed by atoms with Gasteiger partial charge in [-0.05, 0) is 50.2 Å². The molecule has 0 unspecified atom stereocenters. The molecule has 2 nitrogen and oxygen atoms in total. The number of benzene rings is 1. The van der Waals surface area contributed by atoms with E-state index in [1.54, 1.807) is 6.07 Å². The van der Waals surface area contributed by atoms with Crippen LogP contribution in [0.15, 0.2) is 18.2 Å². The molecule has 0 radical (unpaired) electrons. The van der Waals surface area contributed by atoms with Gasteiger partial charge in [-0.2, -0.15) is 13.2 Å². The quantitative estimate of drug-likeness (QED) is 0.837. The van der Waals surface area contributed by atoms with E-state index < -0.39 is 11.7 Å². The summed E-state index contributed by atoms with van der Waals surface area (Å²) in [6.45, 7) is 5.08. The predicted molar refractivity (Wildman–Crippen MR) is 78.7 cm³/mol. The average molecular weight is 321 g/mol. The smallest absolute Gasteiger partial charge is 0.304 e. The van der Waals surface area contributed by atoms with Gasteiger partial charge in [0.1, 0.15) is 0 Å². The molecule has 0 atom stereocenters. The summed E-state index contributed by atoms with van der Waals surface area (Å²) in [6.07, 6.45) is -2.87. The maximum atomic E-state index is 12.7. The van der Waals surface area contributed by atoms with Crippen molar-refractivity contribution in [2.45, 2.75) is 19.0 Å². The minimum atomic E-state index is -4.34. The second-order valence-electron chi connectivity index (χ2n) is 5.59. The topological polar surface area (TPSA) is 6.48 Å². The van der Waals surface area contributed by atoms with Crippen LogP contribution in [0, 0.1) is 0 Å². The molecule has 1 aliphatic heterocycles. The standard InChI is InChI=1S/C15H20ClF3N2/c1-20-5-7-21(8-6-20)4-2-3-12-9-13(15(17,18)19)11-14(16)10-12/h9-11H,2-8H2,1H3. The van der Waals surface area contributed by atoms with Crippen molar-refractivity contribution in [1.82, 2.24) is 9.80 Å². The number of hydrogen-bond acceptors (Lipinski definition) is 2. The average Bonchev–Trinajstić information content (AvgIpc) is 2.39. The van der Waals surface area contributed by atoms with Crippen molar-refractivity contribution < 1.29 is 13.2 Å². The van der Waals surface area contributed by atoms with Crippen molar-refractivity contribution in [1.29, 1.82) is 0 Å². The highest BCUT2D eigenvalue weighted by atomic mass is 35.5. The Bertz CT molecular complexity index is 468. The van der Waals surface area contributed by atoms with Crippen LogP contribution in [0.1, 0.15) is 17.5 Å². The first-order chi connectivity index (χ1) is 9.84. The number of halogens is 4. The number of piperazine rings is 1. The summed E-state index contributed by atoms with van der Waals surface area (Å²) in [5.74, 6) is 0. The van der Waals surface area contributed by atoms with E-state index >= 15 is 0 Å². The van der Waals surface area contributed by atoms with Gasteiger partial charge in [0.25, 0.3) is 0 Å². The van der Waals surface area contributed by atoms with Crippen molar-refractivity contribution in [2.24, 2.45) is 0 Å². The summed E-state index contributed by atoms with van der Waals surface area (Å²) in [7, 11) is 2.10. The Balaban J connectivity index is 1.87. The molecule has 21 heavy (non-hydrogen) atoms. The van der Waals surface area contributed by atoms with Gasteiger partial charge in [-0.15, -0.1) is 0 Å². The second-order valence-corrected chi connectivity index (χ2v) is 6.03. The third-order valence-corrected chi connectivity index (χ3v) is 4.04. The Morgan fingerprint density at radius 2 is 1.76 bits per heavy atom. The van der Waals surface area contributed by atoms with Crippen molar-refractivity contribution in [2.75, 3.05) is 39.8 Å². The van der Waals surface area contributed by atoms with Gasteiger partial charge < -0.3 is 9.80 Å². The Labute approximate surface area is 128 Å². The van der Waals surface area contributed by atoms with Gasteiger partial charge in [-0.1, -0.05) is 11.6 Å². The Kier molecular flexibility index (Phi) is 5.52. The van der Waals surface area contributed by atoms with Crippen LogP contribution >= 0.6 is 11.6 Å². The highest BCUT2D eigenvalue weighted by Crippen LogP contribution is 2.32. The molecule has 6 heteroatoms. The molecule has 2 rings (SSSR count). The van der Waals surface area contributed by atoms with Gasteiger partial charge in [0.2, 0.25) is 0 Å². The zero-order valence-corrected chi connectivity index (χ0v) is 12.8. The Morgan fingerprint density at radius 1 is 1.10 bits per heavy atom. The molecule has 0 aromatic heterocycles. The van der Waals surface area contributed by atoms with E-state index in [-0.39, 0.29) is 5.02 Å². The SMILES string of the molecule is CN1CCN(CCCc2cc(Cl)cc(C(F)(F)F)c2)CC1. The number of alkyl halides is 3. The van der Waals surface area contributed by atoms with E-state index in [9.17, 15) is 13.2 Å². The van der Waals surface area contributed by atoms with Crippen molar-refractivity contribution in [3.63, 3.8) is 0 Å². The number of rotatable bonds is 4. The predicted octanol–water partition coefficient (Wildman–Crippen LogP) is 3.54. The molecule has 0 saturated carbocycles. The summed E-state index contributed by atoms with van der Waals surface area (Å²) < 4.78 is 38.2. The summed E-state index contributed by atoms with van der Waals surface area (Å²) >= 11 is 5.78. The minimum Gasteiger partial charge on any atom is -0.304 e. The first kappa shape index (κ1) is 16.6. The van der Waals surface area contributed by atoms with E-state index in [2.05, 4.69) is 16.8 Å². The highest BCUT2D eigenvalue weighted by Gasteiger charge is 2.31. The molecule has 1 fully saturated rings. The van der Waals surface area contributed by atoms with Gasteiger partial charge in [0.05, 0.1) is 5.56 Å². The lowest BCUT2D eigenvalue weighted by atomic mass is 10.1. The van der Waals surface area contributed by atoms with Crippen molar-refractivity contribution in [3.05, 3.63) is 34.3 Å². The van der Waals surface area contributed by atoms with Gasteiger partial charge in [0.15, 0.2) is 0 Å². The fourth-order valence-corrected chi connectivity index (χ4v) is 2.79. The third-order valence-electron chi connectivity index (χ3n) is 3.82. The molecule has 118 valence electrons. The fourth-order valence-electron chi connectivity index (χ4n) is 2.54. The van der Waals surface area contributed by atoms with E-state index in [1.807, 2.05) is 0 Å². The van der Waals surface area contributed by atoms with E-state index in [1.165, 1.54) is 6.07 Å². The molecule has 1 saturated heterocycles. The van der Waals surface area contributed by atoms with Crippen LogP contribution in [0.25, 0.3) is 0 Å². The van der Waals surface area contributed by atoms with E-state index in [4.69, 9.17) is 11.6 Å². The number of aryl methyl sites for hydroxylation is 1. The lowest BCUT2D eigenvalue weighted by Gasteiger charge is -2.32. The highest BCUT2D eigenvalue weighted by molar-refractivity contribution is 6.30. The number of nitrogens with zero attached hydrogens (tertiary/aromatic N) is 2. The van der Waals surface area contributed by atoms with Crippen LogP contribution in [-0.4, -0.2) is 49.6 Å².